The van der Waals surface area contributed by atoms with Crippen molar-refractivity contribution in [2.45, 2.75) is 12.8 Å². The lowest BCUT2D eigenvalue weighted by Gasteiger charge is -2.17. The molecule has 1 aliphatic heterocycles. The Kier molecular flexibility index (Phi) is 5.07. The minimum absolute atomic E-state index is 0.00504. The third kappa shape index (κ3) is 4.16. The van der Waals surface area contributed by atoms with Gasteiger partial charge < -0.3 is 10.0 Å². The first-order valence-electron chi connectivity index (χ1n) is 9.45. The van der Waals surface area contributed by atoms with Crippen LogP contribution in [-0.4, -0.2) is 55.2 Å². The van der Waals surface area contributed by atoms with Crippen LogP contribution in [-0.2, 0) is 13.5 Å². The quantitative estimate of drug-likeness (QED) is 0.716. The van der Waals surface area contributed by atoms with Crippen LogP contribution < -0.4 is 0 Å². The van der Waals surface area contributed by atoms with Gasteiger partial charge in [-0.2, -0.15) is 4.80 Å². The Bertz CT molecular complexity index is 1040. The minimum Gasteiger partial charge on any atom is -0.478 e. The van der Waals surface area contributed by atoms with Gasteiger partial charge in [0.25, 0.3) is 5.91 Å². The van der Waals surface area contributed by atoms with E-state index < -0.39 is 5.97 Å². The molecule has 1 atom stereocenters. The minimum atomic E-state index is -0.921. The Balaban J connectivity index is 1.39. The molecule has 1 fully saturated rings. The molecule has 29 heavy (non-hydrogen) atoms. The van der Waals surface area contributed by atoms with E-state index in [0.29, 0.717) is 36.0 Å². The number of aryl methyl sites for hydroxylation is 1. The molecular weight excluding hydrogens is 370 g/mol. The summed E-state index contributed by atoms with van der Waals surface area (Å²) in [5, 5.41) is 21.1. The van der Waals surface area contributed by atoms with E-state index in [0.717, 1.165) is 24.0 Å². The number of carbonyl (C=O) groups excluding carboxylic acids is 1. The molecule has 0 bridgehead atoms. The number of carboxylic acid groups (broad SMARTS) is 1. The molecule has 0 aliphatic carbocycles. The molecule has 2 heterocycles. The van der Waals surface area contributed by atoms with Crippen molar-refractivity contribution in [3.63, 3.8) is 0 Å². The third-order valence-electron chi connectivity index (χ3n) is 5.17. The largest absolute Gasteiger partial charge is 0.478 e. The first-order valence-corrected chi connectivity index (χ1v) is 9.45. The highest BCUT2D eigenvalue weighted by Gasteiger charge is 2.27. The maximum absolute atomic E-state index is 12.8. The van der Waals surface area contributed by atoms with Gasteiger partial charge in [0.1, 0.15) is 0 Å². The van der Waals surface area contributed by atoms with Crippen molar-refractivity contribution >= 4 is 11.9 Å². The first kappa shape index (κ1) is 18.8. The van der Waals surface area contributed by atoms with Crippen molar-refractivity contribution < 1.29 is 14.7 Å². The summed E-state index contributed by atoms with van der Waals surface area (Å²) in [4.78, 5) is 27.2. The van der Waals surface area contributed by atoms with Gasteiger partial charge in [0.05, 0.1) is 12.6 Å². The van der Waals surface area contributed by atoms with Crippen LogP contribution in [0.1, 0.15) is 32.7 Å². The predicted molar refractivity (Wildman–Crippen MR) is 105 cm³/mol. The van der Waals surface area contributed by atoms with Crippen LogP contribution in [0.5, 0.6) is 0 Å². The van der Waals surface area contributed by atoms with Crippen LogP contribution in [0.15, 0.2) is 48.5 Å². The number of nitrogens with zero attached hydrogens (tertiary/aromatic N) is 5. The van der Waals surface area contributed by atoms with Crippen LogP contribution in [0.4, 0.5) is 0 Å². The van der Waals surface area contributed by atoms with Crippen molar-refractivity contribution in [1.29, 1.82) is 0 Å². The summed E-state index contributed by atoms with van der Waals surface area (Å²) in [6, 6.07) is 14.3. The van der Waals surface area contributed by atoms with Crippen molar-refractivity contribution in [2.24, 2.45) is 13.0 Å². The Labute approximate surface area is 167 Å². The van der Waals surface area contributed by atoms with Crippen molar-refractivity contribution in [1.82, 2.24) is 25.1 Å². The Morgan fingerprint density at radius 2 is 1.93 bits per heavy atom. The second-order valence-electron chi connectivity index (χ2n) is 7.30. The normalized spacial score (nSPS) is 16.2. The molecule has 0 radical (unpaired) electrons. The molecule has 1 N–H and O–H groups in total. The number of tetrazole rings is 1. The number of likely N-dealkylation sites (tertiary alicyclic amines) is 1. The Hall–Kier alpha value is -3.55. The van der Waals surface area contributed by atoms with Gasteiger partial charge in [0.2, 0.25) is 5.82 Å². The first-order chi connectivity index (χ1) is 14.0. The molecule has 148 valence electrons. The molecule has 1 amide bonds. The van der Waals surface area contributed by atoms with Crippen molar-refractivity contribution in [2.75, 3.05) is 13.1 Å². The number of carbonyl (C=O) groups is 2. The van der Waals surface area contributed by atoms with E-state index in [1.54, 1.807) is 37.4 Å². The molecule has 4 rings (SSSR count). The summed E-state index contributed by atoms with van der Waals surface area (Å²) >= 11 is 0. The second kappa shape index (κ2) is 7.83. The van der Waals surface area contributed by atoms with Gasteiger partial charge in [0, 0.05) is 24.2 Å². The lowest BCUT2D eigenvalue weighted by Crippen LogP contribution is -2.28. The maximum Gasteiger partial charge on any atom is 0.335 e. The summed E-state index contributed by atoms with van der Waals surface area (Å²) in [6.07, 6.45) is 1.67. The monoisotopic (exact) mass is 391 g/mol. The van der Waals surface area contributed by atoms with Crippen molar-refractivity contribution in [3.8, 4) is 11.4 Å². The average molecular weight is 391 g/mol. The molecule has 8 nitrogen and oxygen atoms in total. The van der Waals surface area contributed by atoms with Gasteiger partial charge in [-0.15, -0.1) is 10.2 Å². The highest BCUT2D eigenvalue weighted by molar-refractivity contribution is 5.94. The van der Waals surface area contributed by atoms with Gasteiger partial charge in [0.15, 0.2) is 0 Å². The van der Waals surface area contributed by atoms with E-state index in [2.05, 4.69) is 15.4 Å². The maximum atomic E-state index is 12.8. The smallest absolute Gasteiger partial charge is 0.335 e. The molecule has 0 spiro atoms. The second-order valence-corrected chi connectivity index (χ2v) is 7.30. The fraction of sp³-hybridized carbons (Fsp3) is 0.286. The van der Waals surface area contributed by atoms with E-state index in [1.165, 1.54) is 4.80 Å². The van der Waals surface area contributed by atoms with Gasteiger partial charge in [-0.25, -0.2) is 4.79 Å². The summed E-state index contributed by atoms with van der Waals surface area (Å²) in [6.45, 7) is 1.37. The van der Waals surface area contributed by atoms with E-state index in [9.17, 15) is 9.59 Å². The number of amides is 1. The van der Waals surface area contributed by atoms with E-state index in [-0.39, 0.29) is 5.91 Å². The fourth-order valence-electron chi connectivity index (χ4n) is 3.69. The molecule has 1 unspecified atom stereocenters. The van der Waals surface area contributed by atoms with E-state index >= 15 is 0 Å². The molecule has 1 saturated heterocycles. The van der Waals surface area contributed by atoms with Gasteiger partial charge in [-0.1, -0.05) is 24.3 Å². The van der Waals surface area contributed by atoms with Gasteiger partial charge in [-0.3, -0.25) is 4.79 Å². The predicted octanol–water partition coefficient (Wildman–Crippen LogP) is 2.28. The zero-order valence-electron chi connectivity index (χ0n) is 16.0. The Morgan fingerprint density at radius 3 is 2.62 bits per heavy atom. The molecule has 3 aromatic rings. The lowest BCUT2D eigenvalue weighted by molar-refractivity contribution is 0.0696. The SMILES string of the molecule is Cn1nnc(-c2ccc(C(=O)N3CCC(Cc4cccc(C(=O)O)c4)C3)cc2)n1. The van der Waals surface area contributed by atoms with Crippen LogP contribution >= 0.6 is 0 Å². The van der Waals surface area contributed by atoms with Gasteiger partial charge >= 0.3 is 5.97 Å². The van der Waals surface area contributed by atoms with Gasteiger partial charge in [-0.05, 0) is 53.8 Å². The van der Waals surface area contributed by atoms with Crippen LogP contribution in [0, 0.1) is 5.92 Å². The standard InChI is InChI=1S/C21H21N5O3/c1-25-23-19(22-24-25)16-5-7-17(8-6-16)20(27)26-10-9-15(13-26)11-14-3-2-4-18(12-14)21(28)29/h2-8,12,15H,9-11,13H2,1H3,(H,28,29). The van der Waals surface area contributed by atoms with E-state index in [4.69, 9.17) is 5.11 Å². The number of rotatable bonds is 5. The molecule has 0 saturated carbocycles. The average Bonchev–Trinajstić information content (AvgIpc) is 3.37. The summed E-state index contributed by atoms with van der Waals surface area (Å²) in [5.74, 6) is -0.0666. The summed E-state index contributed by atoms with van der Waals surface area (Å²) in [5.41, 5.74) is 2.73. The zero-order valence-corrected chi connectivity index (χ0v) is 16.0. The summed E-state index contributed by atoms with van der Waals surface area (Å²) in [7, 11) is 1.70. The summed E-state index contributed by atoms with van der Waals surface area (Å²) < 4.78 is 0. The molecular formula is C21H21N5O3. The van der Waals surface area contributed by atoms with Crippen LogP contribution in [0.2, 0.25) is 0 Å². The van der Waals surface area contributed by atoms with Crippen molar-refractivity contribution in [3.05, 3.63) is 65.2 Å². The number of aromatic nitrogens is 4. The highest BCUT2D eigenvalue weighted by atomic mass is 16.4. The lowest BCUT2D eigenvalue weighted by atomic mass is 9.97. The number of benzene rings is 2. The third-order valence-corrected chi connectivity index (χ3v) is 5.17. The Morgan fingerprint density at radius 1 is 1.14 bits per heavy atom. The molecule has 8 heteroatoms. The number of hydrogen-bond donors (Lipinski definition) is 1. The molecule has 1 aromatic heterocycles. The van der Waals surface area contributed by atoms with Crippen LogP contribution in [0.25, 0.3) is 11.4 Å². The number of carboxylic acids is 1. The number of aromatic carboxylic acids is 1. The van der Waals surface area contributed by atoms with E-state index in [1.807, 2.05) is 23.1 Å². The fourth-order valence-corrected chi connectivity index (χ4v) is 3.69. The topological polar surface area (TPSA) is 101 Å². The molecule has 1 aliphatic rings. The highest BCUT2D eigenvalue weighted by Crippen LogP contribution is 2.24. The number of hydrogen-bond acceptors (Lipinski definition) is 5. The zero-order chi connectivity index (χ0) is 20.4. The van der Waals surface area contributed by atoms with Crippen LogP contribution in [0.3, 0.4) is 0 Å². The molecule has 2 aromatic carbocycles.